The van der Waals surface area contributed by atoms with Crippen molar-refractivity contribution in [2.45, 2.75) is 38.5 Å². The van der Waals surface area contributed by atoms with Crippen LogP contribution in [0.5, 0.6) is 0 Å². The molecule has 1 saturated carbocycles. The maximum atomic E-state index is 3.28. The van der Waals surface area contributed by atoms with Crippen molar-refractivity contribution in [3.8, 4) is 0 Å². The number of piperidine rings is 1. The van der Waals surface area contributed by atoms with Crippen LogP contribution in [0.2, 0.25) is 0 Å². The second kappa shape index (κ2) is 4.80. The molecule has 1 heteroatoms. The quantitative estimate of drug-likeness (QED) is 0.524. The molecule has 0 unspecified atom stereocenters. The molecular weight excluding hydrogens is 110 g/mol. The van der Waals surface area contributed by atoms with Crippen molar-refractivity contribution >= 4 is 0 Å². The van der Waals surface area contributed by atoms with Crippen LogP contribution in [-0.2, 0) is 0 Å². The molecule has 1 nitrogen and oxygen atoms in total. The first kappa shape index (κ1) is 7.07. The van der Waals surface area contributed by atoms with E-state index in [1.165, 1.54) is 51.6 Å². The first-order chi connectivity index (χ1) is 4.50. The lowest BCUT2D eigenvalue weighted by Crippen LogP contribution is -2.21. The number of nitrogens with one attached hydrogen (secondary N) is 1. The predicted octanol–water partition coefficient (Wildman–Crippen LogP) is 1.93. The van der Waals surface area contributed by atoms with Crippen molar-refractivity contribution in [3.05, 3.63) is 0 Å². The van der Waals surface area contributed by atoms with Crippen LogP contribution in [0.15, 0.2) is 0 Å². The Morgan fingerprint density at radius 3 is 1.11 bits per heavy atom. The second-order valence-electron chi connectivity index (χ2n) is 2.87. The largest absolute Gasteiger partial charge is 0.317 e. The van der Waals surface area contributed by atoms with E-state index in [2.05, 4.69) is 5.32 Å². The van der Waals surface area contributed by atoms with Crippen LogP contribution in [0.1, 0.15) is 38.5 Å². The SMILES string of the molecule is C1CC1.C1CCNCC1. The molecule has 0 aromatic carbocycles. The summed E-state index contributed by atoms with van der Waals surface area (Å²) in [6.45, 7) is 2.50. The third-order valence-electron chi connectivity index (χ3n) is 1.56. The van der Waals surface area contributed by atoms with Gasteiger partial charge in [-0.3, -0.25) is 0 Å². The van der Waals surface area contributed by atoms with E-state index < -0.39 is 0 Å². The summed E-state index contributed by atoms with van der Waals surface area (Å²) in [4.78, 5) is 0. The highest BCUT2D eigenvalue weighted by atomic mass is 14.9. The molecule has 1 aliphatic carbocycles. The van der Waals surface area contributed by atoms with E-state index in [-0.39, 0.29) is 0 Å². The number of hydrogen-bond donors (Lipinski definition) is 1. The highest BCUT2D eigenvalue weighted by molar-refractivity contribution is 4.55. The summed E-state index contributed by atoms with van der Waals surface area (Å²) >= 11 is 0. The van der Waals surface area contributed by atoms with Gasteiger partial charge in [-0.2, -0.15) is 0 Å². The molecule has 0 atom stereocenters. The van der Waals surface area contributed by atoms with Crippen molar-refractivity contribution in [3.63, 3.8) is 0 Å². The minimum absolute atomic E-state index is 1.25. The fraction of sp³-hybridized carbons (Fsp3) is 1.00. The van der Waals surface area contributed by atoms with Crippen molar-refractivity contribution in [2.24, 2.45) is 0 Å². The molecule has 2 rings (SSSR count). The zero-order valence-corrected chi connectivity index (χ0v) is 6.16. The lowest BCUT2D eigenvalue weighted by atomic mass is 10.2. The van der Waals surface area contributed by atoms with Gasteiger partial charge in [-0.05, 0) is 25.9 Å². The molecule has 0 aromatic heterocycles. The topological polar surface area (TPSA) is 12.0 Å². The Labute approximate surface area is 57.8 Å². The Balaban J connectivity index is 0.000000112. The van der Waals surface area contributed by atoms with Gasteiger partial charge < -0.3 is 5.32 Å². The lowest BCUT2D eigenvalue weighted by molar-refractivity contribution is 0.520. The zero-order chi connectivity index (χ0) is 6.36. The molecule has 1 heterocycles. The van der Waals surface area contributed by atoms with E-state index in [0.717, 1.165) is 0 Å². The fourth-order valence-electron chi connectivity index (χ4n) is 0.802. The molecule has 1 N–H and O–H groups in total. The summed E-state index contributed by atoms with van der Waals surface area (Å²) in [7, 11) is 0. The molecule has 1 aliphatic heterocycles. The van der Waals surface area contributed by atoms with Crippen LogP contribution in [0.4, 0.5) is 0 Å². The molecule has 9 heavy (non-hydrogen) atoms. The highest BCUT2D eigenvalue weighted by Crippen LogP contribution is 2.14. The third kappa shape index (κ3) is 5.84. The van der Waals surface area contributed by atoms with Crippen LogP contribution in [0.25, 0.3) is 0 Å². The van der Waals surface area contributed by atoms with E-state index in [0.29, 0.717) is 0 Å². The molecule has 0 spiro atoms. The lowest BCUT2D eigenvalue weighted by Gasteiger charge is -2.08. The molecule has 0 radical (unpaired) electrons. The van der Waals surface area contributed by atoms with E-state index in [1.807, 2.05) is 0 Å². The minimum atomic E-state index is 1.25. The third-order valence-corrected chi connectivity index (χ3v) is 1.56. The second-order valence-corrected chi connectivity index (χ2v) is 2.87. The van der Waals surface area contributed by atoms with Gasteiger partial charge in [0.15, 0.2) is 0 Å². The van der Waals surface area contributed by atoms with Gasteiger partial charge in [0.1, 0.15) is 0 Å². The normalized spacial score (nSPS) is 24.0. The van der Waals surface area contributed by atoms with Gasteiger partial charge in [-0.15, -0.1) is 0 Å². The van der Waals surface area contributed by atoms with Gasteiger partial charge >= 0.3 is 0 Å². The van der Waals surface area contributed by atoms with Gasteiger partial charge in [0.05, 0.1) is 0 Å². The van der Waals surface area contributed by atoms with Crippen LogP contribution in [-0.4, -0.2) is 13.1 Å². The highest BCUT2D eigenvalue weighted by Gasteiger charge is 1.95. The Morgan fingerprint density at radius 2 is 1.00 bits per heavy atom. The van der Waals surface area contributed by atoms with Crippen LogP contribution in [0, 0.1) is 0 Å². The Hall–Kier alpha value is -0.0400. The molecule has 1 saturated heterocycles. The molecule has 0 aromatic rings. The standard InChI is InChI=1S/C5H11N.C3H6/c1-2-4-6-5-3-1;1-2-3-1/h6H,1-5H2;1-3H2. The first-order valence-electron chi connectivity index (χ1n) is 4.21. The van der Waals surface area contributed by atoms with Gasteiger partial charge in [0, 0.05) is 0 Å². The Bertz CT molecular complexity index is 41.3. The summed E-state index contributed by atoms with van der Waals surface area (Å²) < 4.78 is 0. The molecule has 54 valence electrons. The van der Waals surface area contributed by atoms with Crippen LogP contribution in [0.3, 0.4) is 0 Å². The number of hydrogen-bond acceptors (Lipinski definition) is 1. The Kier molecular flexibility index (Phi) is 3.77. The van der Waals surface area contributed by atoms with Crippen molar-refractivity contribution < 1.29 is 0 Å². The molecule has 2 aliphatic rings. The monoisotopic (exact) mass is 127 g/mol. The maximum absolute atomic E-state index is 3.28. The number of rotatable bonds is 0. The summed E-state index contributed by atoms with van der Waals surface area (Å²) in [5.74, 6) is 0. The van der Waals surface area contributed by atoms with E-state index in [4.69, 9.17) is 0 Å². The maximum Gasteiger partial charge on any atom is -0.00489 e. The van der Waals surface area contributed by atoms with Gasteiger partial charge in [0.2, 0.25) is 0 Å². The average Bonchev–Trinajstić information content (AvgIpc) is 2.76. The molecule has 0 bridgehead atoms. The van der Waals surface area contributed by atoms with Gasteiger partial charge in [-0.25, -0.2) is 0 Å². The Morgan fingerprint density at radius 1 is 0.556 bits per heavy atom. The zero-order valence-electron chi connectivity index (χ0n) is 6.16. The molecule has 0 amide bonds. The summed E-state index contributed by atoms with van der Waals surface area (Å²) in [6, 6.07) is 0. The van der Waals surface area contributed by atoms with Gasteiger partial charge in [0.25, 0.3) is 0 Å². The smallest absolute Gasteiger partial charge is 0.00489 e. The van der Waals surface area contributed by atoms with Crippen molar-refractivity contribution in [1.82, 2.24) is 5.32 Å². The average molecular weight is 127 g/mol. The van der Waals surface area contributed by atoms with Crippen LogP contribution >= 0.6 is 0 Å². The fourth-order valence-corrected chi connectivity index (χ4v) is 0.802. The van der Waals surface area contributed by atoms with E-state index in [9.17, 15) is 0 Å². The molecule has 2 fully saturated rings. The van der Waals surface area contributed by atoms with Crippen molar-refractivity contribution in [2.75, 3.05) is 13.1 Å². The minimum Gasteiger partial charge on any atom is -0.317 e. The predicted molar refractivity (Wildman–Crippen MR) is 40.6 cm³/mol. The van der Waals surface area contributed by atoms with E-state index in [1.54, 1.807) is 0 Å². The summed E-state index contributed by atoms with van der Waals surface area (Å²) in [6.07, 6.45) is 8.72. The van der Waals surface area contributed by atoms with Crippen LogP contribution < -0.4 is 5.32 Å². The van der Waals surface area contributed by atoms with E-state index >= 15 is 0 Å². The summed E-state index contributed by atoms with van der Waals surface area (Å²) in [5.41, 5.74) is 0. The first-order valence-corrected chi connectivity index (χ1v) is 4.21. The van der Waals surface area contributed by atoms with Crippen molar-refractivity contribution in [1.29, 1.82) is 0 Å². The van der Waals surface area contributed by atoms with Gasteiger partial charge in [-0.1, -0.05) is 25.7 Å². The summed E-state index contributed by atoms with van der Waals surface area (Å²) in [5, 5.41) is 3.28. The molecular formula is C8H17N.